The summed E-state index contributed by atoms with van der Waals surface area (Å²) in [5.41, 5.74) is 6.37. The Morgan fingerprint density at radius 3 is 2.47 bits per heavy atom. The first-order valence-electron chi connectivity index (χ1n) is 11.1. The summed E-state index contributed by atoms with van der Waals surface area (Å²) < 4.78 is 7.21. The Balaban J connectivity index is 1.48. The van der Waals surface area contributed by atoms with Crippen LogP contribution in [0.2, 0.25) is 0 Å². The van der Waals surface area contributed by atoms with Crippen LogP contribution in [0.4, 0.5) is 0 Å². The zero-order valence-corrected chi connectivity index (χ0v) is 21.3. The molecule has 1 aromatic heterocycles. The second kappa shape index (κ2) is 12.2. The summed E-state index contributed by atoms with van der Waals surface area (Å²) >= 11 is 7.44. The first-order chi connectivity index (χ1) is 17.5. The van der Waals surface area contributed by atoms with Crippen molar-refractivity contribution in [2.24, 2.45) is 5.10 Å². The molecule has 1 N–H and O–H groups in total. The van der Waals surface area contributed by atoms with Crippen molar-refractivity contribution >= 4 is 41.6 Å². The van der Waals surface area contributed by atoms with Gasteiger partial charge in [-0.15, -0.1) is 10.2 Å². The number of hydrogen-bond donors (Lipinski definition) is 1. The molecule has 1 amide bonds. The summed E-state index contributed by atoms with van der Waals surface area (Å²) in [6.07, 6.45) is 3.16. The number of nitrogens with one attached hydrogen (secondary N) is 1. The van der Waals surface area contributed by atoms with Crippen molar-refractivity contribution in [3.8, 4) is 22.8 Å². The number of ether oxygens (including phenoxy) is 1. The Morgan fingerprint density at radius 1 is 1.06 bits per heavy atom. The smallest absolute Gasteiger partial charge is 0.250 e. The van der Waals surface area contributed by atoms with Crippen LogP contribution in [0.5, 0.6) is 5.75 Å². The zero-order chi connectivity index (χ0) is 25.3. The number of aromatic nitrogens is 3. The summed E-state index contributed by atoms with van der Waals surface area (Å²) in [7, 11) is 1.62. The summed E-state index contributed by atoms with van der Waals surface area (Å²) in [6.45, 7) is 2.03. The van der Waals surface area contributed by atoms with Crippen molar-refractivity contribution in [2.45, 2.75) is 12.1 Å². The van der Waals surface area contributed by atoms with Gasteiger partial charge in [-0.2, -0.15) is 5.10 Å². The number of allylic oxidation sites excluding steroid dienone is 1. The molecule has 0 aliphatic heterocycles. The lowest BCUT2D eigenvalue weighted by molar-refractivity contribution is -0.118. The molecule has 4 rings (SSSR count). The predicted molar refractivity (Wildman–Crippen MR) is 146 cm³/mol. The molecule has 7 nitrogen and oxygen atoms in total. The molecule has 4 aromatic rings. The number of hydrazone groups is 1. The third kappa shape index (κ3) is 6.62. The predicted octanol–water partition coefficient (Wildman–Crippen LogP) is 5.73. The molecule has 9 heteroatoms. The molecule has 0 unspecified atom stereocenters. The van der Waals surface area contributed by atoms with Crippen molar-refractivity contribution in [3.63, 3.8) is 0 Å². The van der Waals surface area contributed by atoms with Crippen LogP contribution in [-0.4, -0.2) is 39.7 Å². The molecule has 0 aliphatic rings. The van der Waals surface area contributed by atoms with E-state index in [9.17, 15) is 4.79 Å². The van der Waals surface area contributed by atoms with E-state index in [1.807, 2.05) is 90.4 Å². The van der Waals surface area contributed by atoms with E-state index in [0.29, 0.717) is 16.0 Å². The van der Waals surface area contributed by atoms with Crippen molar-refractivity contribution in [1.29, 1.82) is 0 Å². The normalized spacial score (nSPS) is 11.6. The number of amides is 1. The summed E-state index contributed by atoms with van der Waals surface area (Å²) in [5, 5.41) is 13.7. The van der Waals surface area contributed by atoms with Gasteiger partial charge in [-0.05, 0) is 42.8 Å². The van der Waals surface area contributed by atoms with Gasteiger partial charge in [0.1, 0.15) is 5.75 Å². The van der Waals surface area contributed by atoms with Crippen LogP contribution in [0.3, 0.4) is 0 Å². The number of nitrogens with zero attached hydrogens (tertiary/aromatic N) is 4. The van der Waals surface area contributed by atoms with Gasteiger partial charge in [0, 0.05) is 11.3 Å². The fraction of sp³-hybridized carbons (Fsp3) is 0.111. The van der Waals surface area contributed by atoms with E-state index < -0.39 is 0 Å². The van der Waals surface area contributed by atoms with Gasteiger partial charge in [0.15, 0.2) is 11.0 Å². The Morgan fingerprint density at radius 2 is 1.78 bits per heavy atom. The fourth-order valence-corrected chi connectivity index (χ4v) is 4.21. The van der Waals surface area contributed by atoms with E-state index in [4.69, 9.17) is 16.3 Å². The minimum Gasteiger partial charge on any atom is -0.497 e. The number of methoxy groups -OCH3 is 1. The monoisotopic (exact) mass is 517 g/mol. The minimum absolute atomic E-state index is 0.0968. The number of hydrogen-bond acceptors (Lipinski definition) is 6. The van der Waals surface area contributed by atoms with Crippen LogP contribution < -0.4 is 10.2 Å². The van der Waals surface area contributed by atoms with Gasteiger partial charge in [0.05, 0.1) is 24.1 Å². The Labute approximate surface area is 218 Å². The number of carbonyl (C=O) groups excluding carboxylic acids is 1. The Kier molecular flexibility index (Phi) is 8.54. The molecular weight excluding hydrogens is 494 g/mol. The number of aryl methyl sites for hydroxylation is 1. The molecule has 0 saturated carbocycles. The highest BCUT2D eigenvalue weighted by Gasteiger charge is 2.17. The molecule has 0 bridgehead atoms. The van der Waals surface area contributed by atoms with Crippen LogP contribution in [-0.2, 0) is 4.79 Å². The SMILES string of the molecule is COc1ccc(-n2c(SCC(=O)N/N=C/C(Cl)=C/c3ccccc3)nnc2-c2ccc(C)cc2)cc1. The molecule has 0 spiro atoms. The maximum absolute atomic E-state index is 12.4. The topological polar surface area (TPSA) is 81.4 Å². The number of rotatable bonds is 9. The lowest BCUT2D eigenvalue weighted by Gasteiger charge is -2.11. The van der Waals surface area contributed by atoms with E-state index in [0.717, 1.165) is 28.1 Å². The molecular formula is C27H24ClN5O2S. The molecule has 1 heterocycles. The lowest BCUT2D eigenvalue weighted by Crippen LogP contribution is -2.19. The van der Waals surface area contributed by atoms with E-state index in [1.165, 1.54) is 18.0 Å². The molecule has 0 radical (unpaired) electrons. The third-order valence-electron chi connectivity index (χ3n) is 5.09. The number of halogens is 1. The Bertz CT molecular complexity index is 1370. The Hall–Kier alpha value is -3.88. The molecule has 0 fully saturated rings. The van der Waals surface area contributed by atoms with E-state index >= 15 is 0 Å². The summed E-state index contributed by atoms with van der Waals surface area (Å²) in [4.78, 5) is 12.4. The number of thioether (sulfide) groups is 1. The quantitative estimate of drug-likeness (QED) is 0.174. The molecule has 182 valence electrons. The molecule has 3 aromatic carbocycles. The van der Waals surface area contributed by atoms with Crippen molar-refractivity contribution in [3.05, 3.63) is 95.0 Å². The average molecular weight is 518 g/mol. The highest BCUT2D eigenvalue weighted by molar-refractivity contribution is 7.99. The van der Waals surface area contributed by atoms with E-state index in [1.54, 1.807) is 13.2 Å². The third-order valence-corrected chi connectivity index (χ3v) is 6.22. The maximum atomic E-state index is 12.4. The lowest BCUT2D eigenvalue weighted by atomic mass is 10.1. The first kappa shape index (κ1) is 25.2. The van der Waals surface area contributed by atoms with Crippen molar-refractivity contribution in [2.75, 3.05) is 12.9 Å². The van der Waals surface area contributed by atoms with Gasteiger partial charge in [0.25, 0.3) is 5.91 Å². The van der Waals surface area contributed by atoms with Gasteiger partial charge < -0.3 is 4.74 Å². The standard InChI is InChI=1S/C27H24ClN5O2S/c1-19-8-10-21(11-9-19)26-31-32-27(33(26)23-12-14-24(35-2)15-13-23)36-18-25(34)30-29-17-22(28)16-20-6-4-3-5-7-20/h3-17H,18H2,1-2H3,(H,30,34)/b22-16-,29-17+. The molecule has 0 atom stereocenters. The number of carbonyl (C=O) groups is 1. The van der Waals surface area contributed by atoms with Gasteiger partial charge in [-0.1, -0.05) is 83.5 Å². The first-order valence-corrected chi connectivity index (χ1v) is 12.4. The van der Waals surface area contributed by atoms with Crippen molar-refractivity contribution in [1.82, 2.24) is 20.2 Å². The molecule has 0 saturated heterocycles. The summed E-state index contributed by atoms with van der Waals surface area (Å²) in [5.74, 6) is 1.23. The van der Waals surface area contributed by atoms with Crippen LogP contribution in [0.1, 0.15) is 11.1 Å². The van der Waals surface area contributed by atoms with Crippen LogP contribution in [0.25, 0.3) is 23.2 Å². The second-order valence-corrected chi connectivity index (χ2v) is 9.11. The second-order valence-electron chi connectivity index (χ2n) is 7.73. The molecule has 0 aliphatic carbocycles. The van der Waals surface area contributed by atoms with Gasteiger partial charge in [0.2, 0.25) is 0 Å². The number of benzene rings is 3. The van der Waals surface area contributed by atoms with Crippen LogP contribution in [0.15, 0.2) is 94.2 Å². The largest absolute Gasteiger partial charge is 0.497 e. The minimum atomic E-state index is -0.290. The van der Waals surface area contributed by atoms with Gasteiger partial charge >= 0.3 is 0 Å². The highest BCUT2D eigenvalue weighted by atomic mass is 35.5. The van der Waals surface area contributed by atoms with Crippen LogP contribution in [0, 0.1) is 6.92 Å². The molecule has 36 heavy (non-hydrogen) atoms. The fourth-order valence-electron chi connectivity index (χ4n) is 3.29. The zero-order valence-electron chi connectivity index (χ0n) is 19.8. The van der Waals surface area contributed by atoms with Gasteiger partial charge in [-0.25, -0.2) is 5.43 Å². The van der Waals surface area contributed by atoms with Gasteiger partial charge in [-0.3, -0.25) is 9.36 Å². The maximum Gasteiger partial charge on any atom is 0.250 e. The van der Waals surface area contributed by atoms with E-state index in [2.05, 4.69) is 20.7 Å². The summed E-state index contributed by atoms with van der Waals surface area (Å²) in [6, 6.07) is 25.3. The highest BCUT2D eigenvalue weighted by Crippen LogP contribution is 2.29. The average Bonchev–Trinajstić information content (AvgIpc) is 3.32. The van der Waals surface area contributed by atoms with Crippen LogP contribution >= 0.6 is 23.4 Å². The van der Waals surface area contributed by atoms with Crippen molar-refractivity contribution < 1.29 is 9.53 Å². The van der Waals surface area contributed by atoms with E-state index in [-0.39, 0.29) is 11.7 Å².